The second-order valence-electron chi connectivity index (χ2n) is 5.97. The lowest BCUT2D eigenvalue weighted by Gasteiger charge is -2.28. The van der Waals surface area contributed by atoms with Crippen LogP contribution in [0.5, 0.6) is 0 Å². The predicted octanol–water partition coefficient (Wildman–Crippen LogP) is 2.38. The summed E-state index contributed by atoms with van der Waals surface area (Å²) in [6.07, 6.45) is 5.69. The average molecular weight is 292 g/mol. The first kappa shape index (κ1) is 15.5. The molecule has 21 heavy (non-hydrogen) atoms. The number of hydrogen-bond donors (Lipinski definition) is 2. The Morgan fingerprint density at radius 1 is 1.33 bits per heavy atom. The summed E-state index contributed by atoms with van der Waals surface area (Å²) >= 11 is 0. The number of piperidine rings is 1. The molecule has 0 spiro atoms. The summed E-state index contributed by atoms with van der Waals surface area (Å²) in [6, 6.07) is 1.23. The van der Waals surface area contributed by atoms with Gasteiger partial charge in [-0.15, -0.1) is 0 Å². The molecule has 6 heteroatoms. The van der Waals surface area contributed by atoms with Crippen LogP contribution in [0.25, 0.3) is 0 Å². The number of hydrogen-bond acceptors (Lipinski definition) is 5. The lowest BCUT2D eigenvalue weighted by atomic mass is 10.0. The van der Waals surface area contributed by atoms with Gasteiger partial charge in [0.2, 0.25) is 0 Å². The summed E-state index contributed by atoms with van der Waals surface area (Å²) in [5.41, 5.74) is 0. The molecule has 1 aromatic heterocycles. The van der Waals surface area contributed by atoms with Gasteiger partial charge in [0.25, 0.3) is 0 Å². The first-order chi connectivity index (χ1) is 10.1. The van der Waals surface area contributed by atoms with Crippen LogP contribution in [-0.4, -0.2) is 40.2 Å². The van der Waals surface area contributed by atoms with E-state index in [0.29, 0.717) is 18.2 Å². The molecule has 0 aliphatic carbocycles. The molecule has 0 saturated carbocycles. The number of carboxylic acids is 1. The van der Waals surface area contributed by atoms with E-state index in [1.54, 1.807) is 0 Å². The molecule has 0 bridgehead atoms. The van der Waals surface area contributed by atoms with E-state index < -0.39 is 12.0 Å². The zero-order valence-corrected chi connectivity index (χ0v) is 12.7. The third kappa shape index (κ3) is 4.58. The Morgan fingerprint density at radius 3 is 2.67 bits per heavy atom. The van der Waals surface area contributed by atoms with E-state index in [1.807, 2.05) is 19.9 Å². The van der Waals surface area contributed by atoms with Crippen molar-refractivity contribution >= 4 is 17.6 Å². The molecule has 116 valence electrons. The highest BCUT2D eigenvalue weighted by Crippen LogP contribution is 2.20. The molecule has 2 heterocycles. The van der Waals surface area contributed by atoms with E-state index in [4.69, 9.17) is 0 Å². The minimum Gasteiger partial charge on any atom is -0.480 e. The van der Waals surface area contributed by atoms with Crippen molar-refractivity contribution < 1.29 is 9.90 Å². The number of rotatable bonds is 6. The van der Waals surface area contributed by atoms with Crippen LogP contribution < -0.4 is 10.2 Å². The van der Waals surface area contributed by atoms with Crippen molar-refractivity contribution in [3.8, 4) is 0 Å². The van der Waals surface area contributed by atoms with Crippen LogP contribution in [0.4, 0.5) is 11.6 Å². The Bertz CT molecular complexity index is 472. The molecule has 1 fully saturated rings. The number of aliphatic carboxylic acids is 1. The topological polar surface area (TPSA) is 78.3 Å². The van der Waals surface area contributed by atoms with Gasteiger partial charge in [0.15, 0.2) is 0 Å². The van der Waals surface area contributed by atoms with Gasteiger partial charge in [0.05, 0.1) is 0 Å². The van der Waals surface area contributed by atoms with E-state index in [0.717, 1.165) is 18.9 Å². The van der Waals surface area contributed by atoms with Gasteiger partial charge in [0, 0.05) is 19.2 Å². The van der Waals surface area contributed by atoms with Crippen molar-refractivity contribution in [1.29, 1.82) is 0 Å². The molecule has 1 aromatic rings. The van der Waals surface area contributed by atoms with Gasteiger partial charge < -0.3 is 15.3 Å². The van der Waals surface area contributed by atoms with Crippen LogP contribution in [-0.2, 0) is 4.79 Å². The van der Waals surface area contributed by atoms with Gasteiger partial charge in [-0.3, -0.25) is 0 Å². The molecule has 2 rings (SSSR count). The van der Waals surface area contributed by atoms with Crippen molar-refractivity contribution in [2.75, 3.05) is 23.3 Å². The highest BCUT2D eigenvalue weighted by molar-refractivity contribution is 5.77. The molecule has 6 nitrogen and oxygen atoms in total. The zero-order chi connectivity index (χ0) is 15.2. The maximum absolute atomic E-state index is 11.3. The Labute approximate surface area is 125 Å². The zero-order valence-electron chi connectivity index (χ0n) is 12.7. The maximum Gasteiger partial charge on any atom is 0.326 e. The van der Waals surface area contributed by atoms with Crippen LogP contribution in [0.2, 0.25) is 0 Å². The van der Waals surface area contributed by atoms with E-state index in [9.17, 15) is 9.90 Å². The standard InChI is InChI=1S/C15H24N4O2/c1-11(2)8-12(15(20)21)18-13-9-14(17-10-16-13)19-6-4-3-5-7-19/h9-12H,3-8H2,1-2H3,(H,20,21)(H,16,17,18)/t12-/m0/s1. The average Bonchev–Trinajstić information content (AvgIpc) is 2.47. The third-order valence-electron chi connectivity index (χ3n) is 3.66. The molecular weight excluding hydrogens is 268 g/mol. The summed E-state index contributed by atoms with van der Waals surface area (Å²) < 4.78 is 0. The first-order valence-corrected chi connectivity index (χ1v) is 7.62. The molecule has 0 aromatic carbocycles. The van der Waals surface area contributed by atoms with Gasteiger partial charge in [-0.2, -0.15) is 0 Å². The molecule has 0 unspecified atom stereocenters. The Morgan fingerprint density at radius 2 is 2.05 bits per heavy atom. The van der Waals surface area contributed by atoms with E-state index in [-0.39, 0.29) is 0 Å². The Hall–Kier alpha value is -1.85. The highest BCUT2D eigenvalue weighted by atomic mass is 16.4. The fourth-order valence-electron chi connectivity index (χ4n) is 2.59. The van der Waals surface area contributed by atoms with Crippen LogP contribution in [0, 0.1) is 5.92 Å². The predicted molar refractivity (Wildman–Crippen MR) is 82.6 cm³/mol. The second-order valence-corrected chi connectivity index (χ2v) is 5.97. The fourth-order valence-corrected chi connectivity index (χ4v) is 2.59. The smallest absolute Gasteiger partial charge is 0.326 e. The van der Waals surface area contributed by atoms with Crippen LogP contribution in [0.15, 0.2) is 12.4 Å². The normalized spacial score (nSPS) is 16.8. The van der Waals surface area contributed by atoms with Gasteiger partial charge in [-0.05, 0) is 31.6 Å². The van der Waals surface area contributed by atoms with Gasteiger partial charge >= 0.3 is 5.97 Å². The molecule has 1 aliphatic rings. The largest absolute Gasteiger partial charge is 0.480 e. The van der Waals surface area contributed by atoms with Gasteiger partial charge in [0.1, 0.15) is 24.0 Å². The van der Waals surface area contributed by atoms with Gasteiger partial charge in [-0.25, -0.2) is 14.8 Å². The summed E-state index contributed by atoms with van der Waals surface area (Å²) in [5.74, 6) is 0.920. The number of carbonyl (C=O) groups is 1. The summed E-state index contributed by atoms with van der Waals surface area (Å²) in [7, 11) is 0. The molecular formula is C15H24N4O2. The van der Waals surface area contributed by atoms with Crippen molar-refractivity contribution in [1.82, 2.24) is 9.97 Å². The number of nitrogens with zero attached hydrogens (tertiary/aromatic N) is 3. The van der Waals surface area contributed by atoms with Crippen molar-refractivity contribution in [2.24, 2.45) is 5.92 Å². The van der Waals surface area contributed by atoms with Crippen molar-refractivity contribution in [3.05, 3.63) is 12.4 Å². The van der Waals surface area contributed by atoms with Crippen LogP contribution in [0.1, 0.15) is 39.5 Å². The lowest BCUT2D eigenvalue weighted by molar-refractivity contribution is -0.138. The molecule has 0 amide bonds. The lowest BCUT2D eigenvalue weighted by Crippen LogP contribution is -2.32. The van der Waals surface area contributed by atoms with E-state index >= 15 is 0 Å². The summed E-state index contributed by atoms with van der Waals surface area (Å²) in [4.78, 5) is 22.0. The van der Waals surface area contributed by atoms with E-state index in [2.05, 4.69) is 20.2 Å². The van der Waals surface area contributed by atoms with Gasteiger partial charge in [-0.1, -0.05) is 13.8 Å². The minimum absolute atomic E-state index is 0.307. The van der Waals surface area contributed by atoms with Crippen molar-refractivity contribution in [3.63, 3.8) is 0 Å². The van der Waals surface area contributed by atoms with E-state index in [1.165, 1.54) is 25.6 Å². The first-order valence-electron chi connectivity index (χ1n) is 7.62. The number of anilines is 2. The maximum atomic E-state index is 11.3. The molecule has 2 N–H and O–H groups in total. The quantitative estimate of drug-likeness (QED) is 0.838. The van der Waals surface area contributed by atoms with Crippen LogP contribution in [0.3, 0.4) is 0 Å². The van der Waals surface area contributed by atoms with Crippen molar-refractivity contribution in [2.45, 2.75) is 45.6 Å². The number of carboxylic acid groups (broad SMARTS) is 1. The summed E-state index contributed by atoms with van der Waals surface area (Å²) in [6.45, 7) is 6.03. The number of aromatic nitrogens is 2. The SMILES string of the molecule is CC(C)C[C@H](Nc1cc(N2CCCCC2)ncn1)C(=O)O. The number of nitrogens with one attached hydrogen (secondary N) is 1. The second kappa shape index (κ2) is 7.24. The molecule has 1 atom stereocenters. The Balaban J connectivity index is 2.07. The molecule has 1 saturated heterocycles. The monoisotopic (exact) mass is 292 g/mol. The fraction of sp³-hybridized carbons (Fsp3) is 0.667. The molecule has 0 radical (unpaired) electrons. The van der Waals surface area contributed by atoms with Crippen LogP contribution >= 0.6 is 0 Å². The minimum atomic E-state index is -0.846. The highest BCUT2D eigenvalue weighted by Gasteiger charge is 2.20. The Kier molecular flexibility index (Phi) is 5.36. The summed E-state index contributed by atoms with van der Waals surface area (Å²) in [5, 5.41) is 12.3. The third-order valence-corrected chi connectivity index (χ3v) is 3.66. The molecule has 1 aliphatic heterocycles.